The van der Waals surface area contributed by atoms with Gasteiger partial charge in [-0.2, -0.15) is 0 Å². The van der Waals surface area contributed by atoms with Crippen LogP contribution in [0.5, 0.6) is 11.5 Å². The molecule has 0 spiro atoms. The van der Waals surface area contributed by atoms with E-state index in [9.17, 15) is 0 Å². The number of fused-ring (bicyclic) bond motifs is 1. The number of hydrogen-bond acceptors (Lipinski definition) is 3. The van der Waals surface area contributed by atoms with Crippen molar-refractivity contribution in [1.29, 1.82) is 0 Å². The molecule has 1 atom stereocenters. The molecule has 1 aliphatic heterocycles. The number of rotatable bonds is 4. The van der Waals surface area contributed by atoms with E-state index in [4.69, 9.17) is 9.47 Å². The molecular weight excluding hydrogens is 262 g/mol. The van der Waals surface area contributed by atoms with Crippen molar-refractivity contribution in [1.82, 2.24) is 5.32 Å². The molecule has 0 amide bonds. The second kappa shape index (κ2) is 6.64. The fourth-order valence-corrected chi connectivity index (χ4v) is 2.63. The van der Waals surface area contributed by atoms with E-state index in [0.29, 0.717) is 0 Å². The minimum atomic E-state index is 0.268. The molecule has 3 nitrogen and oxygen atoms in total. The van der Waals surface area contributed by atoms with E-state index in [-0.39, 0.29) is 6.04 Å². The molecule has 0 aromatic heterocycles. The van der Waals surface area contributed by atoms with Crippen molar-refractivity contribution >= 4 is 0 Å². The average Bonchev–Trinajstić information content (AvgIpc) is 2.78. The van der Waals surface area contributed by atoms with Gasteiger partial charge in [-0.25, -0.2) is 0 Å². The van der Waals surface area contributed by atoms with Crippen LogP contribution in [0.25, 0.3) is 0 Å². The molecule has 1 unspecified atom stereocenters. The van der Waals surface area contributed by atoms with Gasteiger partial charge in [0, 0.05) is 12.5 Å². The summed E-state index contributed by atoms with van der Waals surface area (Å²) in [5, 5.41) is 3.39. The van der Waals surface area contributed by atoms with Gasteiger partial charge in [0.15, 0.2) is 11.5 Å². The van der Waals surface area contributed by atoms with Gasteiger partial charge in [-0.05, 0) is 36.7 Å². The highest BCUT2D eigenvalue weighted by Gasteiger charge is 2.15. The van der Waals surface area contributed by atoms with E-state index in [2.05, 4.69) is 41.7 Å². The lowest BCUT2D eigenvalue weighted by atomic mass is 9.98. The van der Waals surface area contributed by atoms with E-state index in [0.717, 1.165) is 37.6 Å². The molecule has 3 rings (SSSR count). The summed E-state index contributed by atoms with van der Waals surface area (Å²) in [5.41, 5.74) is 2.55. The Morgan fingerprint density at radius 1 is 1.00 bits per heavy atom. The molecule has 110 valence electrons. The monoisotopic (exact) mass is 283 g/mol. The normalized spacial score (nSPS) is 15.3. The number of likely N-dealkylation sites (N-methyl/N-ethyl adjacent to an activating group) is 1. The molecule has 2 aromatic rings. The molecule has 3 heteroatoms. The molecule has 0 saturated carbocycles. The predicted octanol–water partition coefficient (Wildman–Crippen LogP) is 3.35. The molecule has 1 N–H and O–H groups in total. The molecule has 21 heavy (non-hydrogen) atoms. The maximum absolute atomic E-state index is 5.78. The summed E-state index contributed by atoms with van der Waals surface area (Å²) in [6, 6.07) is 17.0. The van der Waals surface area contributed by atoms with Crippen LogP contribution in [-0.4, -0.2) is 20.3 Å². The standard InChI is InChI=1S/C18H21NO2/c1-19-16(12-14-6-3-2-4-7-14)15-8-9-17-18(13-15)21-11-5-10-20-17/h2-4,6-9,13,16,19H,5,10-12H2,1H3. The van der Waals surface area contributed by atoms with Crippen molar-refractivity contribution in [3.63, 3.8) is 0 Å². The quantitative estimate of drug-likeness (QED) is 0.933. The van der Waals surface area contributed by atoms with Gasteiger partial charge in [0.05, 0.1) is 13.2 Å². The van der Waals surface area contributed by atoms with Crippen LogP contribution in [0.2, 0.25) is 0 Å². The zero-order valence-electron chi connectivity index (χ0n) is 12.3. The highest BCUT2D eigenvalue weighted by Crippen LogP contribution is 2.33. The van der Waals surface area contributed by atoms with E-state index < -0.39 is 0 Å². The van der Waals surface area contributed by atoms with Crippen molar-refractivity contribution < 1.29 is 9.47 Å². The SMILES string of the molecule is CNC(Cc1ccccc1)c1ccc2c(c1)OCCCO2. The first-order valence-corrected chi connectivity index (χ1v) is 7.47. The van der Waals surface area contributed by atoms with Crippen LogP contribution in [0, 0.1) is 0 Å². The van der Waals surface area contributed by atoms with Crippen LogP contribution >= 0.6 is 0 Å². The Morgan fingerprint density at radius 3 is 2.52 bits per heavy atom. The van der Waals surface area contributed by atoms with Gasteiger partial charge in [-0.3, -0.25) is 0 Å². The van der Waals surface area contributed by atoms with Gasteiger partial charge in [-0.1, -0.05) is 36.4 Å². The summed E-state index contributed by atoms with van der Waals surface area (Å²) in [5.74, 6) is 1.71. The fraction of sp³-hybridized carbons (Fsp3) is 0.333. The Balaban J connectivity index is 1.82. The summed E-state index contributed by atoms with van der Waals surface area (Å²) in [6.07, 6.45) is 1.89. The second-order valence-electron chi connectivity index (χ2n) is 5.29. The van der Waals surface area contributed by atoms with Crippen molar-refractivity contribution in [2.45, 2.75) is 18.9 Å². The van der Waals surface area contributed by atoms with Crippen molar-refractivity contribution in [2.75, 3.05) is 20.3 Å². The van der Waals surface area contributed by atoms with Gasteiger partial charge in [0.25, 0.3) is 0 Å². The Hall–Kier alpha value is -2.00. The zero-order chi connectivity index (χ0) is 14.5. The van der Waals surface area contributed by atoms with Crippen molar-refractivity contribution in [2.24, 2.45) is 0 Å². The zero-order valence-corrected chi connectivity index (χ0v) is 12.3. The van der Waals surface area contributed by atoms with Gasteiger partial charge in [0.2, 0.25) is 0 Å². The fourth-order valence-electron chi connectivity index (χ4n) is 2.63. The molecule has 0 fully saturated rings. The lowest BCUT2D eigenvalue weighted by Gasteiger charge is -2.18. The lowest BCUT2D eigenvalue weighted by molar-refractivity contribution is 0.297. The Kier molecular flexibility index (Phi) is 4.41. The first-order valence-electron chi connectivity index (χ1n) is 7.47. The third kappa shape index (κ3) is 3.37. The molecule has 0 radical (unpaired) electrons. The van der Waals surface area contributed by atoms with E-state index in [1.54, 1.807) is 0 Å². The minimum Gasteiger partial charge on any atom is -0.490 e. The molecule has 2 aromatic carbocycles. The summed E-state index contributed by atoms with van der Waals surface area (Å²) in [4.78, 5) is 0. The van der Waals surface area contributed by atoms with Crippen molar-refractivity contribution in [3.8, 4) is 11.5 Å². The Morgan fingerprint density at radius 2 is 1.76 bits per heavy atom. The van der Waals surface area contributed by atoms with Gasteiger partial charge in [0.1, 0.15) is 0 Å². The third-order valence-corrected chi connectivity index (χ3v) is 3.81. The van der Waals surface area contributed by atoms with Crippen LogP contribution < -0.4 is 14.8 Å². The summed E-state index contributed by atoms with van der Waals surface area (Å²) in [7, 11) is 2.00. The maximum Gasteiger partial charge on any atom is 0.161 e. The first-order chi connectivity index (χ1) is 10.4. The number of ether oxygens (including phenoxy) is 2. The highest BCUT2D eigenvalue weighted by atomic mass is 16.5. The third-order valence-electron chi connectivity index (χ3n) is 3.81. The lowest BCUT2D eigenvalue weighted by Crippen LogP contribution is -2.18. The van der Waals surface area contributed by atoms with E-state index in [1.807, 2.05) is 19.2 Å². The summed E-state index contributed by atoms with van der Waals surface area (Å²) in [6.45, 7) is 1.45. The maximum atomic E-state index is 5.78. The Bertz CT molecular complexity index is 583. The molecule has 0 saturated heterocycles. The first kappa shape index (κ1) is 14.0. The average molecular weight is 283 g/mol. The number of benzene rings is 2. The molecule has 0 bridgehead atoms. The highest BCUT2D eigenvalue weighted by molar-refractivity contribution is 5.44. The molecule has 1 heterocycles. The largest absolute Gasteiger partial charge is 0.490 e. The van der Waals surface area contributed by atoms with Crippen LogP contribution in [0.3, 0.4) is 0 Å². The predicted molar refractivity (Wildman–Crippen MR) is 84.0 cm³/mol. The molecular formula is C18H21NO2. The van der Waals surface area contributed by atoms with Gasteiger partial charge in [-0.15, -0.1) is 0 Å². The van der Waals surface area contributed by atoms with Gasteiger partial charge >= 0.3 is 0 Å². The summed E-state index contributed by atoms with van der Waals surface area (Å²) < 4.78 is 11.5. The molecule has 0 aliphatic carbocycles. The smallest absolute Gasteiger partial charge is 0.161 e. The van der Waals surface area contributed by atoms with Crippen molar-refractivity contribution in [3.05, 3.63) is 59.7 Å². The van der Waals surface area contributed by atoms with Crippen LogP contribution in [0.1, 0.15) is 23.6 Å². The van der Waals surface area contributed by atoms with Crippen LogP contribution in [-0.2, 0) is 6.42 Å². The summed E-state index contributed by atoms with van der Waals surface area (Å²) >= 11 is 0. The van der Waals surface area contributed by atoms with Gasteiger partial charge < -0.3 is 14.8 Å². The minimum absolute atomic E-state index is 0.268. The van der Waals surface area contributed by atoms with E-state index in [1.165, 1.54) is 11.1 Å². The Labute approximate surface area is 125 Å². The second-order valence-corrected chi connectivity index (χ2v) is 5.29. The topological polar surface area (TPSA) is 30.5 Å². The van der Waals surface area contributed by atoms with Crippen LogP contribution in [0.4, 0.5) is 0 Å². The van der Waals surface area contributed by atoms with Crippen LogP contribution in [0.15, 0.2) is 48.5 Å². The number of hydrogen-bond donors (Lipinski definition) is 1. The molecule has 1 aliphatic rings. The van der Waals surface area contributed by atoms with E-state index >= 15 is 0 Å². The number of nitrogens with one attached hydrogen (secondary N) is 1.